The van der Waals surface area contributed by atoms with Crippen LogP contribution in [0.5, 0.6) is 5.75 Å². The number of amides is 2. The van der Waals surface area contributed by atoms with Crippen LogP contribution in [0.25, 0.3) is 0 Å². The summed E-state index contributed by atoms with van der Waals surface area (Å²) in [4.78, 5) is 27.7. The number of carbonyl (C=O) groups excluding carboxylic acids is 2. The molecule has 0 spiro atoms. The zero-order valence-corrected chi connectivity index (χ0v) is 15.4. The lowest BCUT2D eigenvalue weighted by Crippen LogP contribution is -2.50. The van der Waals surface area contributed by atoms with Crippen molar-refractivity contribution in [2.24, 2.45) is 0 Å². The first-order chi connectivity index (χ1) is 13.3. The van der Waals surface area contributed by atoms with Crippen molar-refractivity contribution >= 4 is 17.5 Å². The van der Waals surface area contributed by atoms with Gasteiger partial charge in [-0.2, -0.15) is 0 Å². The van der Waals surface area contributed by atoms with Gasteiger partial charge in [0.1, 0.15) is 5.75 Å². The summed E-state index contributed by atoms with van der Waals surface area (Å²) in [5.74, 6) is -0.699. The van der Waals surface area contributed by atoms with E-state index in [2.05, 4.69) is 10.1 Å². The monoisotopic (exact) mass is 397 g/mol. The summed E-state index contributed by atoms with van der Waals surface area (Å²) in [6.45, 7) is 4.18. The number of rotatable bonds is 6. The van der Waals surface area contributed by atoms with Crippen LogP contribution in [-0.4, -0.2) is 60.7 Å². The van der Waals surface area contributed by atoms with Crippen molar-refractivity contribution in [3.63, 3.8) is 0 Å². The van der Waals surface area contributed by atoms with Gasteiger partial charge in [0.25, 0.3) is 0 Å². The molecule has 1 N–H and O–H groups in total. The van der Waals surface area contributed by atoms with Crippen molar-refractivity contribution in [1.29, 1.82) is 0 Å². The quantitative estimate of drug-likeness (QED) is 0.592. The highest BCUT2D eigenvalue weighted by Gasteiger charge is 2.31. The van der Waals surface area contributed by atoms with Crippen molar-refractivity contribution in [2.45, 2.75) is 13.3 Å². The van der Waals surface area contributed by atoms with Gasteiger partial charge in [-0.05, 0) is 31.2 Å². The molecule has 1 heterocycles. The molecule has 0 aromatic heterocycles. The SMILES string of the molecule is C/C=C/C=C/C(=O)N1CCN(CC(=O)Nc2ccc(OC(F)(F)F)cc2)CC1. The number of piperazine rings is 1. The zero-order chi connectivity index (χ0) is 20.6. The third kappa shape index (κ3) is 7.43. The Morgan fingerprint density at radius 3 is 2.32 bits per heavy atom. The van der Waals surface area contributed by atoms with E-state index < -0.39 is 6.36 Å². The summed E-state index contributed by atoms with van der Waals surface area (Å²) >= 11 is 0. The van der Waals surface area contributed by atoms with Gasteiger partial charge in [0, 0.05) is 37.9 Å². The first kappa shape index (κ1) is 21.5. The maximum atomic E-state index is 12.1. The van der Waals surface area contributed by atoms with Gasteiger partial charge in [-0.1, -0.05) is 18.2 Å². The van der Waals surface area contributed by atoms with Crippen LogP contribution in [0, 0.1) is 0 Å². The van der Waals surface area contributed by atoms with Crippen LogP contribution in [0.4, 0.5) is 18.9 Å². The number of hydrogen-bond acceptors (Lipinski definition) is 4. The summed E-state index contributed by atoms with van der Waals surface area (Å²) < 4.78 is 40.2. The number of benzene rings is 1. The third-order valence-electron chi connectivity index (χ3n) is 3.97. The molecule has 1 aromatic rings. The van der Waals surface area contributed by atoms with Crippen LogP contribution in [0.15, 0.2) is 48.6 Å². The third-order valence-corrected chi connectivity index (χ3v) is 3.97. The average Bonchev–Trinajstić information content (AvgIpc) is 2.63. The highest BCUT2D eigenvalue weighted by molar-refractivity contribution is 5.92. The molecule has 6 nitrogen and oxygen atoms in total. The number of nitrogens with zero attached hydrogens (tertiary/aromatic N) is 2. The Morgan fingerprint density at radius 2 is 1.75 bits per heavy atom. The maximum absolute atomic E-state index is 12.1. The normalized spacial score (nSPS) is 15.9. The predicted octanol–water partition coefficient (Wildman–Crippen LogP) is 2.80. The van der Waals surface area contributed by atoms with E-state index in [1.54, 1.807) is 17.1 Å². The Bertz CT molecular complexity index is 722. The van der Waals surface area contributed by atoms with Crippen LogP contribution < -0.4 is 10.1 Å². The van der Waals surface area contributed by atoms with Gasteiger partial charge in [0.15, 0.2) is 0 Å². The molecule has 2 rings (SSSR count). The number of alkyl halides is 3. The molecule has 1 saturated heterocycles. The van der Waals surface area contributed by atoms with Crippen molar-refractivity contribution in [2.75, 3.05) is 38.0 Å². The van der Waals surface area contributed by atoms with Gasteiger partial charge in [0.05, 0.1) is 6.54 Å². The number of allylic oxidation sites excluding steroid dienone is 3. The van der Waals surface area contributed by atoms with Gasteiger partial charge in [-0.3, -0.25) is 14.5 Å². The topological polar surface area (TPSA) is 61.9 Å². The van der Waals surface area contributed by atoms with E-state index in [1.807, 2.05) is 17.9 Å². The lowest BCUT2D eigenvalue weighted by Gasteiger charge is -2.33. The van der Waals surface area contributed by atoms with E-state index in [-0.39, 0.29) is 24.1 Å². The molecule has 0 unspecified atom stereocenters. The molecule has 1 aromatic carbocycles. The molecule has 1 aliphatic rings. The van der Waals surface area contributed by atoms with Crippen LogP contribution in [0.1, 0.15) is 6.92 Å². The standard InChI is InChI=1S/C19H22F3N3O3/c1-2-3-4-5-18(27)25-12-10-24(11-13-25)14-17(26)23-15-6-8-16(9-7-15)28-19(20,21)22/h2-9H,10-14H2,1H3,(H,23,26)/b3-2+,5-4+. The number of hydrogen-bond donors (Lipinski definition) is 1. The zero-order valence-electron chi connectivity index (χ0n) is 15.4. The second kappa shape index (κ2) is 9.93. The fourth-order valence-electron chi connectivity index (χ4n) is 2.62. The molecule has 0 radical (unpaired) electrons. The van der Waals surface area contributed by atoms with Crippen molar-refractivity contribution in [3.05, 3.63) is 48.6 Å². The molecular formula is C19H22F3N3O3. The van der Waals surface area contributed by atoms with Crippen molar-refractivity contribution in [1.82, 2.24) is 9.80 Å². The van der Waals surface area contributed by atoms with E-state index in [0.717, 1.165) is 12.1 Å². The van der Waals surface area contributed by atoms with E-state index in [4.69, 9.17) is 0 Å². The number of ether oxygens (including phenoxy) is 1. The first-order valence-corrected chi connectivity index (χ1v) is 8.73. The Morgan fingerprint density at radius 1 is 1.11 bits per heavy atom. The molecule has 1 fully saturated rings. The fraction of sp³-hybridized carbons (Fsp3) is 0.368. The Kier molecular flexibility index (Phi) is 7.62. The summed E-state index contributed by atoms with van der Waals surface area (Å²) in [5, 5.41) is 2.63. The lowest BCUT2D eigenvalue weighted by atomic mass is 10.2. The molecule has 0 bridgehead atoms. The van der Waals surface area contributed by atoms with Crippen LogP contribution in [-0.2, 0) is 9.59 Å². The van der Waals surface area contributed by atoms with E-state index in [9.17, 15) is 22.8 Å². The second-order valence-corrected chi connectivity index (χ2v) is 6.11. The Hall–Kier alpha value is -2.81. The van der Waals surface area contributed by atoms with E-state index >= 15 is 0 Å². The maximum Gasteiger partial charge on any atom is 0.573 e. The van der Waals surface area contributed by atoms with Gasteiger partial charge < -0.3 is 15.0 Å². The van der Waals surface area contributed by atoms with Gasteiger partial charge in [0.2, 0.25) is 11.8 Å². The van der Waals surface area contributed by atoms with Crippen molar-refractivity contribution < 1.29 is 27.5 Å². The summed E-state index contributed by atoms with van der Waals surface area (Å²) in [6.07, 6.45) is 2.05. The molecule has 0 aliphatic carbocycles. The highest BCUT2D eigenvalue weighted by Crippen LogP contribution is 2.23. The molecule has 9 heteroatoms. The number of nitrogens with one attached hydrogen (secondary N) is 1. The number of anilines is 1. The highest BCUT2D eigenvalue weighted by atomic mass is 19.4. The second-order valence-electron chi connectivity index (χ2n) is 6.11. The minimum Gasteiger partial charge on any atom is -0.406 e. The van der Waals surface area contributed by atoms with Gasteiger partial charge >= 0.3 is 6.36 Å². The molecule has 28 heavy (non-hydrogen) atoms. The minimum absolute atomic E-state index is 0.0663. The average molecular weight is 397 g/mol. The van der Waals surface area contributed by atoms with E-state index in [0.29, 0.717) is 31.9 Å². The van der Waals surface area contributed by atoms with Crippen molar-refractivity contribution in [3.8, 4) is 5.75 Å². The molecular weight excluding hydrogens is 375 g/mol. The van der Waals surface area contributed by atoms with Gasteiger partial charge in [-0.25, -0.2) is 0 Å². The lowest BCUT2D eigenvalue weighted by molar-refractivity contribution is -0.274. The summed E-state index contributed by atoms with van der Waals surface area (Å²) in [6, 6.07) is 4.95. The van der Waals surface area contributed by atoms with Crippen LogP contribution in [0.3, 0.4) is 0 Å². The molecule has 1 aliphatic heterocycles. The van der Waals surface area contributed by atoms with Crippen LogP contribution >= 0.6 is 0 Å². The molecule has 0 saturated carbocycles. The van der Waals surface area contributed by atoms with Crippen LogP contribution in [0.2, 0.25) is 0 Å². The fourth-order valence-corrected chi connectivity index (χ4v) is 2.62. The smallest absolute Gasteiger partial charge is 0.406 e. The van der Waals surface area contributed by atoms with Gasteiger partial charge in [-0.15, -0.1) is 13.2 Å². The predicted molar refractivity (Wildman–Crippen MR) is 98.7 cm³/mol. The largest absolute Gasteiger partial charge is 0.573 e. The van der Waals surface area contributed by atoms with E-state index in [1.165, 1.54) is 18.2 Å². The number of halogens is 3. The Balaban J connectivity index is 1.76. The first-order valence-electron chi connectivity index (χ1n) is 8.73. The molecule has 152 valence electrons. The molecule has 0 atom stereocenters. The summed E-state index contributed by atoms with van der Waals surface area (Å²) in [5.41, 5.74) is 0.377. The number of carbonyl (C=O) groups is 2. The Labute approximate surface area is 161 Å². The minimum atomic E-state index is -4.75. The molecule has 2 amide bonds. The summed E-state index contributed by atoms with van der Waals surface area (Å²) in [7, 11) is 0.